The standard InChI is InChI=1S/C12H12BrN3O4/c1-7-14-15-11(20-7)9-6-18-3-2-16(9)12(17)8-4-10(13)19-5-8/h4-5,9H,2-3,6H2,1H3/t9-/m1/s1. The number of hydrogen-bond acceptors (Lipinski definition) is 6. The van der Waals surface area contributed by atoms with Crippen molar-refractivity contribution in [3.8, 4) is 0 Å². The zero-order valence-electron chi connectivity index (χ0n) is 10.7. The molecule has 0 spiro atoms. The largest absolute Gasteiger partial charge is 0.457 e. The Morgan fingerprint density at radius 3 is 3.00 bits per heavy atom. The second-order valence-electron chi connectivity index (χ2n) is 4.39. The SMILES string of the molecule is Cc1nnc([C@H]2COCCN2C(=O)c2coc(Br)c2)o1. The molecule has 1 amide bonds. The van der Waals surface area contributed by atoms with Gasteiger partial charge in [0.15, 0.2) is 4.67 Å². The normalized spacial score (nSPS) is 19.3. The van der Waals surface area contributed by atoms with Crippen LogP contribution in [-0.2, 0) is 4.74 Å². The van der Waals surface area contributed by atoms with Gasteiger partial charge in [-0.05, 0) is 15.9 Å². The molecule has 0 N–H and O–H groups in total. The molecule has 3 rings (SSSR count). The Labute approximate surface area is 123 Å². The molecule has 7 nitrogen and oxygen atoms in total. The molecule has 2 aromatic heterocycles. The first-order chi connectivity index (χ1) is 9.65. The number of aryl methyl sites for hydroxylation is 1. The summed E-state index contributed by atoms with van der Waals surface area (Å²) in [6.45, 7) is 2.99. The van der Waals surface area contributed by atoms with Crippen LogP contribution in [0.4, 0.5) is 0 Å². The second kappa shape index (κ2) is 5.37. The van der Waals surface area contributed by atoms with E-state index in [4.69, 9.17) is 13.6 Å². The topological polar surface area (TPSA) is 81.6 Å². The van der Waals surface area contributed by atoms with Crippen molar-refractivity contribution in [3.63, 3.8) is 0 Å². The third-order valence-corrected chi connectivity index (χ3v) is 3.45. The Kier molecular flexibility index (Phi) is 3.58. The van der Waals surface area contributed by atoms with Gasteiger partial charge in [0.05, 0.1) is 18.8 Å². The molecule has 106 valence electrons. The van der Waals surface area contributed by atoms with Gasteiger partial charge >= 0.3 is 0 Å². The van der Waals surface area contributed by atoms with Gasteiger partial charge in [0.2, 0.25) is 11.8 Å². The molecule has 1 fully saturated rings. The van der Waals surface area contributed by atoms with Crippen molar-refractivity contribution in [2.24, 2.45) is 0 Å². The highest BCUT2D eigenvalue weighted by molar-refractivity contribution is 9.10. The molecule has 8 heteroatoms. The van der Waals surface area contributed by atoms with E-state index >= 15 is 0 Å². The van der Waals surface area contributed by atoms with Gasteiger partial charge in [-0.15, -0.1) is 10.2 Å². The maximum Gasteiger partial charge on any atom is 0.257 e. The average Bonchev–Trinajstić information content (AvgIpc) is 3.07. The lowest BCUT2D eigenvalue weighted by molar-refractivity contribution is -0.0106. The minimum absolute atomic E-state index is 0.149. The van der Waals surface area contributed by atoms with Crippen LogP contribution < -0.4 is 0 Å². The number of furan rings is 1. The van der Waals surface area contributed by atoms with E-state index in [2.05, 4.69) is 26.1 Å². The fourth-order valence-corrected chi connectivity index (χ4v) is 2.43. The maximum atomic E-state index is 12.5. The van der Waals surface area contributed by atoms with Crippen LogP contribution in [0.3, 0.4) is 0 Å². The predicted octanol–water partition coefficient (Wildman–Crippen LogP) is 1.95. The van der Waals surface area contributed by atoms with Gasteiger partial charge in [0, 0.05) is 19.5 Å². The van der Waals surface area contributed by atoms with Gasteiger partial charge in [-0.3, -0.25) is 4.79 Å². The molecule has 1 aliphatic heterocycles. The quantitative estimate of drug-likeness (QED) is 0.830. The first kappa shape index (κ1) is 13.3. The summed E-state index contributed by atoms with van der Waals surface area (Å²) in [5.41, 5.74) is 0.472. The summed E-state index contributed by atoms with van der Waals surface area (Å²) in [7, 11) is 0. The van der Waals surface area contributed by atoms with E-state index in [9.17, 15) is 4.79 Å². The molecule has 0 aliphatic carbocycles. The number of halogens is 1. The molecule has 0 unspecified atom stereocenters. The van der Waals surface area contributed by atoms with E-state index in [1.54, 1.807) is 17.9 Å². The number of nitrogens with zero attached hydrogens (tertiary/aromatic N) is 3. The monoisotopic (exact) mass is 341 g/mol. The zero-order valence-corrected chi connectivity index (χ0v) is 12.3. The molecule has 1 atom stereocenters. The van der Waals surface area contributed by atoms with Crippen LogP contribution in [0.5, 0.6) is 0 Å². The van der Waals surface area contributed by atoms with Crippen LogP contribution in [0.15, 0.2) is 25.8 Å². The van der Waals surface area contributed by atoms with E-state index in [-0.39, 0.29) is 11.9 Å². The number of carbonyl (C=O) groups is 1. The van der Waals surface area contributed by atoms with Crippen molar-refractivity contribution >= 4 is 21.8 Å². The summed E-state index contributed by atoms with van der Waals surface area (Å²) in [5.74, 6) is 0.700. The zero-order chi connectivity index (χ0) is 14.1. The summed E-state index contributed by atoms with van der Waals surface area (Å²) in [6.07, 6.45) is 1.41. The summed E-state index contributed by atoms with van der Waals surface area (Å²) in [4.78, 5) is 14.2. The molecule has 0 radical (unpaired) electrons. The number of hydrogen-bond donors (Lipinski definition) is 0. The van der Waals surface area contributed by atoms with Gasteiger partial charge < -0.3 is 18.5 Å². The van der Waals surface area contributed by atoms with Crippen molar-refractivity contribution < 1.29 is 18.4 Å². The van der Waals surface area contributed by atoms with Gasteiger partial charge in [-0.1, -0.05) is 0 Å². The number of ether oxygens (including phenoxy) is 1. The third kappa shape index (κ3) is 2.48. The van der Waals surface area contributed by atoms with Crippen LogP contribution in [0.25, 0.3) is 0 Å². The molecular weight excluding hydrogens is 330 g/mol. The van der Waals surface area contributed by atoms with Gasteiger partial charge in [-0.25, -0.2) is 0 Å². The highest BCUT2D eigenvalue weighted by Gasteiger charge is 2.33. The van der Waals surface area contributed by atoms with Crippen LogP contribution >= 0.6 is 15.9 Å². The molecule has 3 heterocycles. The number of morpholine rings is 1. The van der Waals surface area contributed by atoms with Crippen molar-refractivity contribution in [1.29, 1.82) is 0 Å². The molecule has 0 bridgehead atoms. The van der Waals surface area contributed by atoms with Crippen molar-refractivity contribution in [3.05, 3.63) is 34.3 Å². The first-order valence-electron chi connectivity index (χ1n) is 6.08. The summed E-state index contributed by atoms with van der Waals surface area (Å²) >= 11 is 3.18. The Morgan fingerprint density at radius 2 is 2.35 bits per heavy atom. The molecule has 2 aromatic rings. The van der Waals surface area contributed by atoms with E-state index < -0.39 is 0 Å². The van der Waals surface area contributed by atoms with Gasteiger partial charge in [-0.2, -0.15) is 0 Å². The Bertz CT molecular complexity index is 624. The van der Waals surface area contributed by atoms with Crippen LogP contribution in [0.2, 0.25) is 0 Å². The van der Waals surface area contributed by atoms with E-state index in [0.717, 1.165) is 0 Å². The first-order valence-corrected chi connectivity index (χ1v) is 6.87. The highest BCUT2D eigenvalue weighted by atomic mass is 79.9. The molecule has 0 saturated carbocycles. The number of rotatable bonds is 2. The lowest BCUT2D eigenvalue weighted by atomic mass is 10.2. The van der Waals surface area contributed by atoms with Gasteiger partial charge in [0.25, 0.3) is 5.91 Å². The molecule has 0 aromatic carbocycles. The van der Waals surface area contributed by atoms with Crippen molar-refractivity contribution in [2.75, 3.05) is 19.8 Å². The number of aromatic nitrogens is 2. The Morgan fingerprint density at radius 1 is 1.50 bits per heavy atom. The predicted molar refractivity (Wildman–Crippen MR) is 70.0 cm³/mol. The average molecular weight is 342 g/mol. The molecular formula is C12H12BrN3O4. The summed E-state index contributed by atoms with van der Waals surface area (Å²) in [5, 5.41) is 7.77. The minimum Gasteiger partial charge on any atom is -0.457 e. The fraction of sp³-hybridized carbons (Fsp3) is 0.417. The smallest absolute Gasteiger partial charge is 0.257 e. The summed E-state index contributed by atoms with van der Waals surface area (Å²) in [6, 6.07) is 1.26. The lowest BCUT2D eigenvalue weighted by Gasteiger charge is -2.33. The van der Waals surface area contributed by atoms with Gasteiger partial charge in [0.1, 0.15) is 12.3 Å². The Hall–Kier alpha value is -1.67. The van der Waals surface area contributed by atoms with Crippen LogP contribution in [-0.4, -0.2) is 40.8 Å². The minimum atomic E-state index is -0.369. The lowest BCUT2D eigenvalue weighted by Crippen LogP contribution is -2.43. The van der Waals surface area contributed by atoms with E-state index in [1.807, 2.05) is 0 Å². The third-order valence-electron chi connectivity index (χ3n) is 3.03. The fourth-order valence-electron chi connectivity index (χ4n) is 2.09. The highest BCUT2D eigenvalue weighted by Crippen LogP contribution is 2.26. The van der Waals surface area contributed by atoms with Crippen molar-refractivity contribution in [1.82, 2.24) is 15.1 Å². The second-order valence-corrected chi connectivity index (χ2v) is 5.17. The molecule has 1 saturated heterocycles. The maximum absolute atomic E-state index is 12.5. The number of carbonyl (C=O) groups excluding carboxylic acids is 1. The van der Waals surface area contributed by atoms with Crippen LogP contribution in [0.1, 0.15) is 28.2 Å². The van der Waals surface area contributed by atoms with Crippen molar-refractivity contribution in [2.45, 2.75) is 13.0 Å². The Balaban J connectivity index is 1.87. The number of amides is 1. The molecule has 20 heavy (non-hydrogen) atoms. The molecule has 1 aliphatic rings. The van der Waals surface area contributed by atoms with E-state index in [1.165, 1.54) is 6.26 Å². The van der Waals surface area contributed by atoms with E-state index in [0.29, 0.717) is 41.8 Å². The van der Waals surface area contributed by atoms with Crippen LogP contribution in [0, 0.1) is 6.92 Å². The summed E-state index contributed by atoms with van der Waals surface area (Å²) < 4.78 is 16.4.